The number of aliphatic hydroxyl groups excluding tert-OH is 1. The fourth-order valence-corrected chi connectivity index (χ4v) is 3.98. The first-order valence-corrected chi connectivity index (χ1v) is 7.90. The molecule has 0 aromatic carbocycles. The zero-order valence-electron chi connectivity index (χ0n) is 14.0. The Labute approximate surface area is 124 Å². The Morgan fingerprint density at radius 2 is 1.85 bits per heavy atom. The lowest BCUT2D eigenvalue weighted by Gasteiger charge is -2.33. The van der Waals surface area contributed by atoms with Crippen LogP contribution in [0.2, 0.25) is 0 Å². The number of nitrogens with zero attached hydrogens (tertiary/aromatic N) is 2. The SMILES string of the molecule is CN(CC1CCCN1C)CC1C(O)C(C)(C)OC1(C)C. The van der Waals surface area contributed by atoms with E-state index in [9.17, 15) is 5.11 Å². The van der Waals surface area contributed by atoms with Gasteiger partial charge in [-0.1, -0.05) is 0 Å². The molecule has 118 valence electrons. The van der Waals surface area contributed by atoms with Gasteiger partial charge in [0.2, 0.25) is 0 Å². The molecule has 4 nitrogen and oxygen atoms in total. The normalized spacial score (nSPS) is 36.9. The molecule has 0 saturated carbocycles. The molecule has 20 heavy (non-hydrogen) atoms. The lowest BCUT2D eigenvalue weighted by Crippen LogP contribution is -2.45. The summed E-state index contributed by atoms with van der Waals surface area (Å²) in [7, 11) is 4.38. The topological polar surface area (TPSA) is 35.9 Å². The fraction of sp³-hybridized carbons (Fsp3) is 1.00. The molecule has 4 heteroatoms. The number of hydrogen-bond donors (Lipinski definition) is 1. The van der Waals surface area contributed by atoms with E-state index in [0.29, 0.717) is 6.04 Å². The molecule has 0 aromatic heterocycles. The van der Waals surface area contributed by atoms with Gasteiger partial charge in [0.25, 0.3) is 0 Å². The highest BCUT2D eigenvalue weighted by molar-refractivity contribution is 5.02. The Morgan fingerprint density at radius 1 is 1.20 bits per heavy atom. The number of rotatable bonds is 4. The van der Waals surface area contributed by atoms with Crippen molar-refractivity contribution in [1.82, 2.24) is 9.80 Å². The van der Waals surface area contributed by atoms with E-state index in [1.54, 1.807) is 0 Å². The van der Waals surface area contributed by atoms with Crippen LogP contribution in [0.1, 0.15) is 40.5 Å². The van der Waals surface area contributed by atoms with Crippen molar-refractivity contribution in [2.24, 2.45) is 5.92 Å². The molecule has 3 atom stereocenters. The van der Waals surface area contributed by atoms with Crippen molar-refractivity contribution in [2.45, 2.75) is 63.9 Å². The van der Waals surface area contributed by atoms with Crippen LogP contribution >= 0.6 is 0 Å². The van der Waals surface area contributed by atoms with Crippen LogP contribution in [0.5, 0.6) is 0 Å². The van der Waals surface area contributed by atoms with Crippen LogP contribution in [-0.4, -0.2) is 72.0 Å². The highest BCUT2D eigenvalue weighted by Gasteiger charge is 2.53. The Morgan fingerprint density at radius 3 is 2.30 bits per heavy atom. The second kappa shape index (κ2) is 5.56. The average molecular weight is 284 g/mol. The first kappa shape index (κ1) is 16.2. The molecule has 2 fully saturated rings. The predicted octanol–water partition coefficient (Wildman–Crippen LogP) is 1.58. The van der Waals surface area contributed by atoms with Crippen LogP contribution in [0.3, 0.4) is 0 Å². The number of hydrogen-bond acceptors (Lipinski definition) is 4. The predicted molar refractivity (Wildman–Crippen MR) is 81.9 cm³/mol. The quantitative estimate of drug-likeness (QED) is 0.850. The van der Waals surface area contributed by atoms with E-state index in [0.717, 1.165) is 13.1 Å². The van der Waals surface area contributed by atoms with Gasteiger partial charge in [-0.2, -0.15) is 0 Å². The third kappa shape index (κ3) is 3.19. The Hall–Kier alpha value is -0.160. The maximum Gasteiger partial charge on any atom is 0.0896 e. The minimum atomic E-state index is -0.445. The van der Waals surface area contributed by atoms with E-state index >= 15 is 0 Å². The summed E-state index contributed by atoms with van der Waals surface area (Å²) in [5, 5.41) is 10.6. The van der Waals surface area contributed by atoms with Crippen LogP contribution in [0.25, 0.3) is 0 Å². The second-order valence-electron chi connectivity index (χ2n) is 7.86. The molecular formula is C16H32N2O2. The summed E-state index contributed by atoms with van der Waals surface area (Å²) in [6.07, 6.45) is 2.20. The number of likely N-dealkylation sites (N-methyl/N-ethyl adjacent to an activating group) is 2. The van der Waals surface area contributed by atoms with Gasteiger partial charge in [-0.15, -0.1) is 0 Å². The summed E-state index contributed by atoms with van der Waals surface area (Å²) < 4.78 is 6.07. The van der Waals surface area contributed by atoms with Gasteiger partial charge < -0.3 is 19.6 Å². The van der Waals surface area contributed by atoms with Gasteiger partial charge in [0, 0.05) is 25.0 Å². The molecule has 0 spiro atoms. The number of likely N-dealkylation sites (tertiary alicyclic amines) is 1. The monoisotopic (exact) mass is 284 g/mol. The lowest BCUT2D eigenvalue weighted by atomic mass is 9.84. The molecule has 0 amide bonds. The first-order valence-electron chi connectivity index (χ1n) is 7.90. The Balaban J connectivity index is 1.94. The van der Waals surface area contributed by atoms with Crippen molar-refractivity contribution >= 4 is 0 Å². The summed E-state index contributed by atoms with van der Waals surface area (Å²) in [6, 6.07) is 0.663. The minimum absolute atomic E-state index is 0.161. The van der Waals surface area contributed by atoms with Crippen molar-refractivity contribution < 1.29 is 9.84 Å². The van der Waals surface area contributed by atoms with Crippen molar-refractivity contribution in [2.75, 3.05) is 33.7 Å². The van der Waals surface area contributed by atoms with E-state index in [-0.39, 0.29) is 11.5 Å². The van der Waals surface area contributed by atoms with Gasteiger partial charge in [-0.05, 0) is 61.2 Å². The maximum absolute atomic E-state index is 10.6. The smallest absolute Gasteiger partial charge is 0.0896 e. The summed E-state index contributed by atoms with van der Waals surface area (Å²) in [6.45, 7) is 11.4. The van der Waals surface area contributed by atoms with Gasteiger partial charge in [-0.25, -0.2) is 0 Å². The van der Waals surface area contributed by atoms with E-state index < -0.39 is 11.7 Å². The molecule has 0 radical (unpaired) electrons. The van der Waals surface area contributed by atoms with Crippen LogP contribution in [0, 0.1) is 5.92 Å². The molecule has 0 aliphatic carbocycles. The van der Waals surface area contributed by atoms with E-state index in [1.165, 1.54) is 19.4 Å². The molecular weight excluding hydrogens is 252 g/mol. The maximum atomic E-state index is 10.6. The van der Waals surface area contributed by atoms with Crippen LogP contribution in [0.4, 0.5) is 0 Å². The summed E-state index contributed by atoms with van der Waals surface area (Å²) >= 11 is 0. The third-order valence-electron chi connectivity index (χ3n) is 5.21. The molecule has 0 bridgehead atoms. The standard InChI is InChI=1S/C16H32N2O2/c1-15(2)13(14(19)16(3,4)20-15)11-17(5)10-12-8-7-9-18(12)6/h12-14,19H,7-11H2,1-6H3. The molecule has 3 unspecified atom stereocenters. The summed E-state index contributed by atoms with van der Waals surface area (Å²) in [5.41, 5.74) is -0.710. The molecule has 2 heterocycles. The van der Waals surface area contributed by atoms with E-state index in [1.807, 2.05) is 13.8 Å². The molecule has 2 saturated heterocycles. The van der Waals surface area contributed by atoms with Gasteiger partial charge in [0.15, 0.2) is 0 Å². The van der Waals surface area contributed by atoms with Crippen LogP contribution in [0.15, 0.2) is 0 Å². The molecule has 0 aromatic rings. The van der Waals surface area contributed by atoms with Gasteiger partial charge in [-0.3, -0.25) is 0 Å². The fourth-order valence-electron chi connectivity index (χ4n) is 3.98. The van der Waals surface area contributed by atoms with Gasteiger partial charge >= 0.3 is 0 Å². The van der Waals surface area contributed by atoms with E-state index in [2.05, 4.69) is 37.7 Å². The van der Waals surface area contributed by atoms with E-state index in [4.69, 9.17) is 4.74 Å². The Kier molecular flexibility index (Phi) is 4.51. The van der Waals surface area contributed by atoms with Crippen molar-refractivity contribution in [3.63, 3.8) is 0 Å². The highest BCUT2D eigenvalue weighted by atomic mass is 16.5. The summed E-state index contributed by atoms with van der Waals surface area (Å²) in [4.78, 5) is 4.82. The zero-order valence-corrected chi connectivity index (χ0v) is 14.0. The van der Waals surface area contributed by atoms with Gasteiger partial charge in [0.1, 0.15) is 0 Å². The Bertz CT molecular complexity index is 343. The summed E-state index contributed by atoms with van der Waals surface area (Å²) in [5.74, 6) is 0.161. The van der Waals surface area contributed by atoms with Crippen molar-refractivity contribution in [3.05, 3.63) is 0 Å². The zero-order chi connectivity index (χ0) is 15.1. The average Bonchev–Trinajstić information content (AvgIpc) is 2.74. The van der Waals surface area contributed by atoms with Gasteiger partial charge in [0.05, 0.1) is 17.3 Å². The van der Waals surface area contributed by atoms with Crippen molar-refractivity contribution in [3.8, 4) is 0 Å². The molecule has 2 aliphatic heterocycles. The highest BCUT2D eigenvalue weighted by Crippen LogP contribution is 2.42. The minimum Gasteiger partial charge on any atom is -0.390 e. The third-order valence-corrected chi connectivity index (χ3v) is 5.21. The molecule has 2 rings (SSSR count). The van der Waals surface area contributed by atoms with Crippen LogP contribution < -0.4 is 0 Å². The first-order chi connectivity index (χ1) is 9.13. The second-order valence-corrected chi connectivity index (χ2v) is 7.86. The number of ether oxygens (including phenoxy) is 1. The lowest BCUT2D eigenvalue weighted by molar-refractivity contribution is -0.0913. The molecule has 2 aliphatic rings. The van der Waals surface area contributed by atoms with Crippen molar-refractivity contribution in [1.29, 1.82) is 0 Å². The van der Waals surface area contributed by atoms with Crippen LogP contribution in [-0.2, 0) is 4.74 Å². The largest absolute Gasteiger partial charge is 0.390 e. The molecule has 1 N–H and O–H groups in total. The number of aliphatic hydroxyl groups is 1.